The molecule has 0 heterocycles. The van der Waals surface area contributed by atoms with Crippen molar-refractivity contribution in [3.05, 3.63) is 10.1 Å². The molecule has 0 aromatic rings. The van der Waals surface area contributed by atoms with Crippen molar-refractivity contribution in [1.29, 1.82) is 0 Å². The first kappa shape index (κ1) is 18.0. The summed E-state index contributed by atoms with van der Waals surface area (Å²) in [6, 6.07) is -0.824. The van der Waals surface area contributed by atoms with Gasteiger partial charge in [-0.05, 0) is 19.3 Å². The van der Waals surface area contributed by atoms with Crippen LogP contribution < -0.4 is 0 Å². The van der Waals surface area contributed by atoms with E-state index in [-0.39, 0.29) is 4.92 Å². The van der Waals surface area contributed by atoms with Gasteiger partial charge in [-0.25, -0.2) is 0 Å². The van der Waals surface area contributed by atoms with Gasteiger partial charge in [0.05, 0.1) is 0 Å². The number of hydrogen-bond acceptors (Lipinski definition) is 4. The molecule has 1 radical (unpaired) electrons. The largest absolute Gasteiger partial charge is 0.386 e. The highest BCUT2D eigenvalue weighted by Gasteiger charge is 2.28. The Bertz CT molecular complexity index is 246. The lowest BCUT2D eigenvalue weighted by Gasteiger charge is -2.15. The fourth-order valence-corrected chi connectivity index (χ4v) is 2.12. The van der Waals surface area contributed by atoms with Crippen LogP contribution in [0.25, 0.3) is 0 Å². The molecule has 2 atom stereocenters. The molecule has 0 aromatic heterocycles. The van der Waals surface area contributed by atoms with Crippen LogP contribution in [0.3, 0.4) is 0 Å². The molecule has 0 aliphatic carbocycles. The molecule has 19 heavy (non-hydrogen) atoms. The molecule has 0 bridgehead atoms. The first-order valence-electron chi connectivity index (χ1n) is 7.30. The summed E-state index contributed by atoms with van der Waals surface area (Å²) < 4.78 is 0. The Kier molecular flexibility index (Phi) is 11.5. The molecule has 2 unspecified atom stereocenters. The van der Waals surface area contributed by atoms with Crippen molar-refractivity contribution in [1.82, 2.24) is 0 Å². The summed E-state index contributed by atoms with van der Waals surface area (Å²) in [5, 5.41) is 20.7. The van der Waals surface area contributed by atoms with Crippen LogP contribution in [-0.4, -0.2) is 28.5 Å². The Morgan fingerprint density at radius 3 is 2.32 bits per heavy atom. The summed E-state index contributed by atoms with van der Waals surface area (Å²) in [5.41, 5.74) is 0. The van der Waals surface area contributed by atoms with E-state index in [0.29, 0.717) is 19.3 Å². The summed E-state index contributed by atoms with van der Waals surface area (Å²) in [4.78, 5) is 20.6. The van der Waals surface area contributed by atoms with Crippen LogP contribution in [0.5, 0.6) is 0 Å². The smallest absolute Gasteiger partial charge is 0.238 e. The summed E-state index contributed by atoms with van der Waals surface area (Å²) in [5.74, 6) is 0. The Morgan fingerprint density at radius 1 is 1.11 bits per heavy atom. The predicted octanol–water partition coefficient (Wildman–Crippen LogP) is 3.02. The van der Waals surface area contributed by atoms with Gasteiger partial charge in [0.15, 0.2) is 6.29 Å². The third-order valence-electron chi connectivity index (χ3n) is 3.35. The lowest BCUT2D eigenvalue weighted by molar-refractivity contribution is -0.535. The van der Waals surface area contributed by atoms with Crippen molar-refractivity contribution in [3.8, 4) is 0 Å². The third kappa shape index (κ3) is 9.59. The Balaban J connectivity index is 3.76. The quantitative estimate of drug-likeness (QED) is 0.317. The fourth-order valence-electron chi connectivity index (χ4n) is 2.12. The molecule has 111 valence electrons. The Hall–Kier alpha value is -0.970. The van der Waals surface area contributed by atoms with E-state index in [1.54, 1.807) is 0 Å². The van der Waals surface area contributed by atoms with Crippen LogP contribution in [0, 0.1) is 10.1 Å². The lowest BCUT2D eigenvalue weighted by atomic mass is 9.99. The Labute approximate surface area is 115 Å². The molecular formula is C14H26NO4. The second-order valence-corrected chi connectivity index (χ2v) is 5.01. The number of aliphatic hydroxyl groups is 1. The SMILES string of the molecule is CCCCC(O)C(CCCCCCC[C]=O)[N+](=O)[O-]. The summed E-state index contributed by atoms with van der Waals surface area (Å²) in [7, 11) is 0. The van der Waals surface area contributed by atoms with E-state index in [1.807, 2.05) is 13.2 Å². The summed E-state index contributed by atoms with van der Waals surface area (Å²) >= 11 is 0. The molecule has 0 fully saturated rings. The van der Waals surface area contributed by atoms with E-state index in [9.17, 15) is 20.0 Å². The molecule has 0 saturated heterocycles. The molecule has 0 saturated carbocycles. The second-order valence-electron chi connectivity index (χ2n) is 5.01. The average molecular weight is 272 g/mol. The van der Waals surface area contributed by atoms with Crippen LogP contribution in [-0.2, 0) is 4.79 Å². The Morgan fingerprint density at radius 2 is 1.74 bits per heavy atom. The minimum absolute atomic E-state index is 0.346. The summed E-state index contributed by atoms with van der Waals surface area (Å²) in [6.07, 6.45) is 8.72. The van der Waals surface area contributed by atoms with Crippen molar-refractivity contribution in [2.24, 2.45) is 0 Å². The van der Waals surface area contributed by atoms with Crippen molar-refractivity contribution in [2.75, 3.05) is 0 Å². The van der Waals surface area contributed by atoms with Crippen LogP contribution in [0.15, 0.2) is 0 Å². The lowest BCUT2D eigenvalue weighted by Crippen LogP contribution is -2.33. The van der Waals surface area contributed by atoms with Gasteiger partial charge in [0.1, 0.15) is 6.10 Å². The van der Waals surface area contributed by atoms with E-state index in [1.165, 1.54) is 0 Å². The van der Waals surface area contributed by atoms with Gasteiger partial charge in [-0.15, -0.1) is 0 Å². The van der Waals surface area contributed by atoms with Gasteiger partial charge >= 0.3 is 0 Å². The maximum atomic E-state index is 10.9. The van der Waals surface area contributed by atoms with E-state index < -0.39 is 12.1 Å². The molecule has 0 aromatic carbocycles. The fraction of sp³-hybridized carbons (Fsp3) is 0.929. The van der Waals surface area contributed by atoms with Crippen molar-refractivity contribution < 1.29 is 14.8 Å². The zero-order chi connectivity index (χ0) is 14.5. The normalized spacial score (nSPS) is 14.0. The van der Waals surface area contributed by atoms with Gasteiger partial charge in [0.25, 0.3) is 0 Å². The van der Waals surface area contributed by atoms with E-state index in [0.717, 1.165) is 44.9 Å². The van der Waals surface area contributed by atoms with Crippen LogP contribution in [0.4, 0.5) is 0 Å². The first-order valence-corrected chi connectivity index (χ1v) is 7.30. The second kappa shape index (κ2) is 12.1. The molecule has 0 aliphatic rings. The van der Waals surface area contributed by atoms with Gasteiger partial charge in [0.2, 0.25) is 6.04 Å². The van der Waals surface area contributed by atoms with E-state index >= 15 is 0 Å². The molecule has 0 amide bonds. The standard InChI is InChI=1S/C14H26NO4/c1-2-3-11-14(17)13(15(18)19)10-8-6-4-5-7-9-12-16/h13-14,17H,2-11H2,1H3. The number of aliphatic hydroxyl groups excluding tert-OH is 1. The van der Waals surface area contributed by atoms with Crippen LogP contribution in [0.2, 0.25) is 0 Å². The maximum absolute atomic E-state index is 10.9. The van der Waals surface area contributed by atoms with Crippen molar-refractivity contribution >= 4 is 6.29 Å². The highest BCUT2D eigenvalue weighted by Crippen LogP contribution is 2.15. The monoisotopic (exact) mass is 272 g/mol. The van der Waals surface area contributed by atoms with Gasteiger partial charge in [-0.1, -0.05) is 39.0 Å². The number of hydrogen-bond donors (Lipinski definition) is 1. The first-order chi connectivity index (χ1) is 9.13. The molecule has 0 rings (SSSR count). The minimum Gasteiger partial charge on any atom is -0.386 e. The van der Waals surface area contributed by atoms with E-state index in [4.69, 9.17) is 0 Å². The zero-order valence-corrected chi connectivity index (χ0v) is 11.8. The zero-order valence-electron chi connectivity index (χ0n) is 11.8. The van der Waals surface area contributed by atoms with Gasteiger partial charge in [-0.3, -0.25) is 14.9 Å². The summed E-state index contributed by atoms with van der Waals surface area (Å²) in [6.45, 7) is 2.00. The van der Waals surface area contributed by atoms with E-state index in [2.05, 4.69) is 0 Å². The molecule has 0 aliphatic heterocycles. The highest BCUT2D eigenvalue weighted by atomic mass is 16.6. The van der Waals surface area contributed by atoms with Crippen LogP contribution >= 0.6 is 0 Å². The third-order valence-corrected chi connectivity index (χ3v) is 3.35. The van der Waals surface area contributed by atoms with Crippen LogP contribution in [0.1, 0.15) is 71.1 Å². The molecule has 1 N–H and O–H groups in total. The average Bonchev–Trinajstić information content (AvgIpc) is 2.38. The number of carbonyl (C=O) groups excluding carboxylic acids is 1. The molecule has 5 nitrogen and oxygen atoms in total. The predicted molar refractivity (Wildman–Crippen MR) is 74.3 cm³/mol. The minimum atomic E-state index is -0.824. The van der Waals surface area contributed by atoms with Gasteiger partial charge in [0, 0.05) is 17.8 Å². The number of unbranched alkanes of at least 4 members (excludes halogenated alkanes) is 6. The maximum Gasteiger partial charge on any atom is 0.238 e. The number of nitro groups is 1. The van der Waals surface area contributed by atoms with Gasteiger partial charge in [-0.2, -0.15) is 0 Å². The van der Waals surface area contributed by atoms with Crippen molar-refractivity contribution in [3.63, 3.8) is 0 Å². The molecule has 0 spiro atoms. The molecule has 5 heteroatoms. The van der Waals surface area contributed by atoms with Gasteiger partial charge < -0.3 is 5.11 Å². The topological polar surface area (TPSA) is 80.4 Å². The number of rotatable bonds is 13. The highest BCUT2D eigenvalue weighted by molar-refractivity contribution is 5.50. The van der Waals surface area contributed by atoms with Crippen molar-refractivity contribution in [2.45, 2.75) is 83.3 Å². The number of nitrogens with zero attached hydrogens (tertiary/aromatic N) is 1. The molecular weight excluding hydrogens is 246 g/mol.